The lowest BCUT2D eigenvalue weighted by Crippen LogP contribution is -1.98. The predicted octanol–water partition coefficient (Wildman–Crippen LogP) is 3.03. The van der Waals surface area contributed by atoms with Gasteiger partial charge in [0.15, 0.2) is 0 Å². The first-order chi connectivity index (χ1) is 7.61. The minimum atomic E-state index is 0.473. The first-order valence-corrected chi connectivity index (χ1v) is 5.75. The molecule has 2 rings (SSSR count). The molecule has 0 bridgehead atoms. The molecule has 84 valence electrons. The van der Waals surface area contributed by atoms with Crippen molar-refractivity contribution in [3.63, 3.8) is 0 Å². The molecular formula is C12H13BrN2O. The van der Waals surface area contributed by atoms with Crippen molar-refractivity contribution in [2.24, 2.45) is 0 Å². The maximum Gasteiger partial charge on any atom is 0.0885 e. The third-order valence-corrected chi connectivity index (χ3v) is 2.99. The highest BCUT2D eigenvalue weighted by Gasteiger charge is 2.07. The molecule has 1 aromatic carbocycles. The fourth-order valence-corrected chi connectivity index (χ4v) is 2.39. The highest BCUT2D eigenvalue weighted by atomic mass is 79.9. The smallest absolute Gasteiger partial charge is 0.0885 e. The second-order valence-corrected chi connectivity index (χ2v) is 4.63. The Kier molecular flexibility index (Phi) is 3.12. The molecule has 0 atom stereocenters. The van der Waals surface area contributed by atoms with E-state index in [1.54, 1.807) is 7.11 Å². The zero-order valence-electron chi connectivity index (χ0n) is 9.25. The van der Waals surface area contributed by atoms with Gasteiger partial charge in [-0.2, -0.15) is 0 Å². The van der Waals surface area contributed by atoms with Gasteiger partial charge in [0.05, 0.1) is 17.8 Å². The number of hydrogen-bond acceptors (Lipinski definition) is 3. The van der Waals surface area contributed by atoms with Gasteiger partial charge in [-0.3, -0.25) is 0 Å². The Bertz CT molecular complexity index is 540. The van der Waals surface area contributed by atoms with Gasteiger partial charge in [0.1, 0.15) is 0 Å². The van der Waals surface area contributed by atoms with Crippen molar-refractivity contribution in [1.82, 2.24) is 4.98 Å². The Morgan fingerprint density at radius 1 is 1.38 bits per heavy atom. The monoisotopic (exact) mass is 280 g/mol. The number of nitrogens with two attached hydrogens (primary N) is 1. The number of anilines is 1. The van der Waals surface area contributed by atoms with E-state index in [2.05, 4.69) is 20.9 Å². The fraction of sp³-hybridized carbons (Fsp3) is 0.250. The van der Waals surface area contributed by atoms with Crippen LogP contribution in [0.3, 0.4) is 0 Å². The second-order valence-electron chi connectivity index (χ2n) is 3.78. The number of aryl methyl sites for hydroxylation is 1. The van der Waals surface area contributed by atoms with E-state index >= 15 is 0 Å². The lowest BCUT2D eigenvalue weighted by atomic mass is 10.1. The van der Waals surface area contributed by atoms with Crippen LogP contribution in [0.25, 0.3) is 10.9 Å². The summed E-state index contributed by atoms with van der Waals surface area (Å²) >= 11 is 3.51. The molecule has 0 fully saturated rings. The largest absolute Gasteiger partial charge is 0.398 e. The van der Waals surface area contributed by atoms with Crippen LogP contribution in [0.4, 0.5) is 5.69 Å². The van der Waals surface area contributed by atoms with Crippen molar-refractivity contribution in [3.8, 4) is 0 Å². The predicted molar refractivity (Wildman–Crippen MR) is 69.3 cm³/mol. The van der Waals surface area contributed by atoms with Gasteiger partial charge in [0, 0.05) is 22.7 Å². The number of fused-ring (bicyclic) bond motifs is 1. The summed E-state index contributed by atoms with van der Waals surface area (Å²) in [7, 11) is 1.65. The Hall–Kier alpha value is -1.13. The number of aromatic nitrogens is 1. The molecule has 0 aliphatic heterocycles. The zero-order chi connectivity index (χ0) is 11.7. The molecule has 0 saturated carbocycles. The molecule has 0 amide bonds. The quantitative estimate of drug-likeness (QED) is 0.920. The molecule has 0 spiro atoms. The van der Waals surface area contributed by atoms with E-state index in [1.165, 1.54) is 0 Å². The normalized spacial score (nSPS) is 10.9. The maximum atomic E-state index is 6.01. The molecule has 2 N–H and O–H groups in total. The van der Waals surface area contributed by atoms with E-state index in [1.807, 2.05) is 25.1 Å². The first kappa shape index (κ1) is 11.4. The summed E-state index contributed by atoms with van der Waals surface area (Å²) in [4.78, 5) is 4.51. The topological polar surface area (TPSA) is 48.1 Å². The fourth-order valence-electron chi connectivity index (χ4n) is 1.72. The molecular weight excluding hydrogens is 268 g/mol. The van der Waals surface area contributed by atoms with E-state index in [4.69, 9.17) is 10.5 Å². The summed E-state index contributed by atoms with van der Waals surface area (Å²) in [5.74, 6) is 0. The van der Waals surface area contributed by atoms with Crippen LogP contribution in [0.15, 0.2) is 22.7 Å². The summed E-state index contributed by atoms with van der Waals surface area (Å²) in [5, 5.41) is 0.978. The Balaban J connectivity index is 2.71. The van der Waals surface area contributed by atoms with Gasteiger partial charge in [-0.05, 0) is 46.6 Å². The number of halogens is 1. The highest BCUT2D eigenvalue weighted by molar-refractivity contribution is 9.10. The van der Waals surface area contributed by atoms with Crippen LogP contribution in [0.1, 0.15) is 11.3 Å². The number of hydrogen-bond donors (Lipinski definition) is 1. The number of pyridine rings is 1. The van der Waals surface area contributed by atoms with Gasteiger partial charge < -0.3 is 10.5 Å². The van der Waals surface area contributed by atoms with Gasteiger partial charge in [-0.25, -0.2) is 4.98 Å². The van der Waals surface area contributed by atoms with E-state index in [0.29, 0.717) is 6.61 Å². The van der Waals surface area contributed by atoms with Gasteiger partial charge in [0.25, 0.3) is 0 Å². The summed E-state index contributed by atoms with van der Waals surface area (Å²) in [6.07, 6.45) is 0. The number of rotatable bonds is 2. The maximum absolute atomic E-state index is 6.01. The summed E-state index contributed by atoms with van der Waals surface area (Å²) < 4.78 is 6.03. The summed E-state index contributed by atoms with van der Waals surface area (Å²) in [5.41, 5.74) is 9.64. The number of benzene rings is 1. The SMILES string of the molecule is COCc1cc(N)c2cc(C)cc(Br)c2n1. The minimum absolute atomic E-state index is 0.473. The van der Waals surface area contributed by atoms with Crippen LogP contribution >= 0.6 is 15.9 Å². The molecule has 1 heterocycles. The molecule has 0 saturated heterocycles. The van der Waals surface area contributed by atoms with Crippen molar-refractivity contribution in [2.75, 3.05) is 12.8 Å². The van der Waals surface area contributed by atoms with Crippen molar-refractivity contribution in [2.45, 2.75) is 13.5 Å². The van der Waals surface area contributed by atoms with Gasteiger partial charge >= 0.3 is 0 Å². The highest BCUT2D eigenvalue weighted by Crippen LogP contribution is 2.28. The van der Waals surface area contributed by atoms with Gasteiger partial charge in [-0.15, -0.1) is 0 Å². The van der Waals surface area contributed by atoms with E-state index in [-0.39, 0.29) is 0 Å². The third kappa shape index (κ3) is 2.03. The van der Waals surface area contributed by atoms with Crippen LogP contribution < -0.4 is 5.73 Å². The van der Waals surface area contributed by atoms with Gasteiger partial charge in [-0.1, -0.05) is 0 Å². The second kappa shape index (κ2) is 4.39. The molecule has 3 nitrogen and oxygen atoms in total. The van der Waals surface area contributed by atoms with Crippen molar-refractivity contribution >= 4 is 32.5 Å². The average molecular weight is 281 g/mol. The van der Waals surface area contributed by atoms with Gasteiger partial charge in [0.2, 0.25) is 0 Å². The van der Waals surface area contributed by atoms with Crippen molar-refractivity contribution in [1.29, 1.82) is 0 Å². The average Bonchev–Trinajstić information content (AvgIpc) is 2.20. The lowest BCUT2D eigenvalue weighted by molar-refractivity contribution is 0.182. The molecule has 0 aliphatic carbocycles. The van der Waals surface area contributed by atoms with Crippen LogP contribution in [0.5, 0.6) is 0 Å². The number of nitrogens with zero attached hydrogens (tertiary/aromatic N) is 1. The molecule has 0 radical (unpaired) electrons. The Morgan fingerprint density at radius 2 is 2.12 bits per heavy atom. The summed E-state index contributed by atoms with van der Waals surface area (Å²) in [6.45, 7) is 2.51. The van der Waals surface area contributed by atoms with E-state index < -0.39 is 0 Å². The minimum Gasteiger partial charge on any atom is -0.398 e. The molecule has 1 aromatic heterocycles. The first-order valence-electron chi connectivity index (χ1n) is 4.96. The summed E-state index contributed by atoms with van der Waals surface area (Å²) in [6, 6.07) is 5.93. The number of nitrogen functional groups attached to an aromatic ring is 1. The van der Waals surface area contributed by atoms with E-state index in [0.717, 1.165) is 32.3 Å². The standard InChI is InChI=1S/C12H13BrN2O/c1-7-3-9-11(14)5-8(6-16-2)15-12(9)10(13)4-7/h3-5H,6H2,1-2H3,(H2,14,15). The molecule has 0 unspecified atom stereocenters. The Labute approximate surface area is 103 Å². The van der Waals surface area contributed by atoms with E-state index in [9.17, 15) is 0 Å². The van der Waals surface area contributed by atoms with Crippen molar-refractivity contribution in [3.05, 3.63) is 33.9 Å². The molecule has 4 heteroatoms. The lowest BCUT2D eigenvalue weighted by Gasteiger charge is -2.08. The van der Waals surface area contributed by atoms with Crippen molar-refractivity contribution < 1.29 is 4.74 Å². The number of ether oxygens (including phenoxy) is 1. The Morgan fingerprint density at radius 3 is 2.81 bits per heavy atom. The molecule has 16 heavy (non-hydrogen) atoms. The van der Waals surface area contributed by atoms with Crippen LogP contribution in [0.2, 0.25) is 0 Å². The molecule has 2 aromatic rings. The number of methoxy groups -OCH3 is 1. The van der Waals surface area contributed by atoms with Crippen LogP contribution in [-0.4, -0.2) is 12.1 Å². The van der Waals surface area contributed by atoms with Crippen LogP contribution in [0, 0.1) is 6.92 Å². The third-order valence-electron chi connectivity index (χ3n) is 2.39. The van der Waals surface area contributed by atoms with Crippen LogP contribution in [-0.2, 0) is 11.3 Å². The zero-order valence-corrected chi connectivity index (χ0v) is 10.8. The molecule has 0 aliphatic rings.